The van der Waals surface area contributed by atoms with Gasteiger partial charge in [-0.15, -0.1) is 0 Å². The van der Waals surface area contributed by atoms with Crippen LogP contribution in [0.2, 0.25) is 0 Å². The maximum Gasteiger partial charge on any atom is 0.332 e. The molecule has 1 aliphatic heterocycles. The lowest BCUT2D eigenvalue weighted by molar-refractivity contribution is -0.144. The van der Waals surface area contributed by atoms with Gasteiger partial charge in [0.25, 0.3) is 5.91 Å². The Hall–Kier alpha value is -2.37. The number of carbonyl (C=O) groups is 3. The second-order valence-electron chi connectivity index (χ2n) is 4.16. The van der Waals surface area contributed by atoms with Crippen molar-refractivity contribution in [3.63, 3.8) is 0 Å². The number of ether oxygens (including phenoxy) is 1. The number of methoxy groups -OCH3 is 1. The second kappa shape index (κ2) is 5.09. The minimum atomic E-state index is -0.625. The highest BCUT2D eigenvalue weighted by atomic mass is 16.5. The molecule has 1 atom stereocenters. The molecule has 0 N–H and O–H groups in total. The van der Waals surface area contributed by atoms with Crippen molar-refractivity contribution in [1.82, 2.24) is 4.90 Å². The van der Waals surface area contributed by atoms with Gasteiger partial charge in [0.2, 0.25) is 0 Å². The van der Waals surface area contributed by atoms with Crippen LogP contribution in [0.25, 0.3) is 0 Å². The molecule has 19 heavy (non-hydrogen) atoms. The molecule has 3 amide bonds. The Labute approximate surface area is 110 Å². The summed E-state index contributed by atoms with van der Waals surface area (Å²) in [6.07, 6.45) is 0. The number of hydrogen-bond donors (Lipinski definition) is 0. The van der Waals surface area contributed by atoms with E-state index in [1.807, 2.05) is 6.07 Å². The standard InChI is InChI=1S/C13H14N2O4/c1-9-12(17)14(8-11(16)19-2)13(18)15(9)10-6-4-3-5-7-10/h3-7,9H,8H2,1-2H3. The maximum atomic E-state index is 12.2. The van der Waals surface area contributed by atoms with Gasteiger partial charge >= 0.3 is 12.0 Å². The number of amides is 3. The molecule has 0 radical (unpaired) electrons. The van der Waals surface area contributed by atoms with Crippen LogP contribution >= 0.6 is 0 Å². The highest BCUT2D eigenvalue weighted by Gasteiger charge is 2.44. The van der Waals surface area contributed by atoms with Crippen LogP contribution in [0.1, 0.15) is 6.92 Å². The smallest absolute Gasteiger partial charge is 0.332 e. The van der Waals surface area contributed by atoms with E-state index in [0.717, 1.165) is 4.90 Å². The lowest BCUT2D eigenvalue weighted by Gasteiger charge is -2.18. The largest absolute Gasteiger partial charge is 0.468 e. The number of imide groups is 1. The second-order valence-corrected chi connectivity index (χ2v) is 4.16. The van der Waals surface area contributed by atoms with Crippen molar-refractivity contribution in [2.24, 2.45) is 0 Å². The van der Waals surface area contributed by atoms with Gasteiger partial charge in [0.15, 0.2) is 0 Å². The monoisotopic (exact) mass is 262 g/mol. The van der Waals surface area contributed by atoms with Crippen molar-refractivity contribution in [1.29, 1.82) is 0 Å². The van der Waals surface area contributed by atoms with Crippen LogP contribution in [0.3, 0.4) is 0 Å². The van der Waals surface area contributed by atoms with Gasteiger partial charge in [0.1, 0.15) is 12.6 Å². The van der Waals surface area contributed by atoms with E-state index in [2.05, 4.69) is 4.74 Å². The molecule has 0 aliphatic carbocycles. The zero-order valence-electron chi connectivity index (χ0n) is 10.7. The lowest BCUT2D eigenvalue weighted by atomic mass is 10.2. The molecule has 100 valence electrons. The number of esters is 1. The minimum absolute atomic E-state index is 0.359. The molecule has 2 rings (SSSR count). The molecule has 6 heteroatoms. The fourth-order valence-electron chi connectivity index (χ4n) is 1.99. The summed E-state index contributed by atoms with van der Waals surface area (Å²) in [5, 5.41) is 0. The fraction of sp³-hybridized carbons (Fsp3) is 0.308. The van der Waals surface area contributed by atoms with Crippen LogP contribution in [0.15, 0.2) is 30.3 Å². The first-order valence-corrected chi connectivity index (χ1v) is 5.82. The van der Waals surface area contributed by atoms with E-state index in [0.29, 0.717) is 5.69 Å². The van der Waals surface area contributed by atoms with Crippen LogP contribution < -0.4 is 4.90 Å². The first-order chi connectivity index (χ1) is 9.06. The fourth-order valence-corrected chi connectivity index (χ4v) is 1.99. The van der Waals surface area contributed by atoms with E-state index in [1.165, 1.54) is 12.0 Å². The van der Waals surface area contributed by atoms with Crippen molar-refractivity contribution in [3.05, 3.63) is 30.3 Å². The Kier molecular flexibility index (Phi) is 3.50. The van der Waals surface area contributed by atoms with Gasteiger partial charge in [-0.2, -0.15) is 0 Å². The van der Waals surface area contributed by atoms with Crippen LogP contribution in [0, 0.1) is 0 Å². The normalized spacial score (nSPS) is 18.9. The molecule has 0 spiro atoms. The Balaban J connectivity index is 2.27. The SMILES string of the molecule is COC(=O)CN1C(=O)C(C)N(c2ccccc2)C1=O. The predicted molar refractivity (Wildman–Crippen MR) is 67.5 cm³/mol. The van der Waals surface area contributed by atoms with Gasteiger partial charge in [0, 0.05) is 5.69 Å². The molecular weight excluding hydrogens is 248 g/mol. The van der Waals surface area contributed by atoms with Crippen molar-refractivity contribution < 1.29 is 19.1 Å². The maximum absolute atomic E-state index is 12.2. The highest BCUT2D eigenvalue weighted by Crippen LogP contribution is 2.25. The van der Waals surface area contributed by atoms with Crippen LogP contribution in [-0.2, 0) is 14.3 Å². The van der Waals surface area contributed by atoms with Crippen LogP contribution in [0.4, 0.5) is 10.5 Å². The molecule has 1 aliphatic rings. The summed E-state index contributed by atoms with van der Waals surface area (Å²) >= 11 is 0. The Morgan fingerprint density at radius 3 is 2.47 bits per heavy atom. The first-order valence-electron chi connectivity index (χ1n) is 5.82. The predicted octanol–water partition coefficient (Wildman–Crippen LogP) is 1.02. The van der Waals surface area contributed by atoms with Crippen molar-refractivity contribution in [2.75, 3.05) is 18.6 Å². The molecule has 0 aromatic heterocycles. The van der Waals surface area contributed by atoms with E-state index in [9.17, 15) is 14.4 Å². The summed E-state index contributed by atoms with van der Waals surface area (Å²) < 4.78 is 4.48. The van der Waals surface area contributed by atoms with Gasteiger partial charge < -0.3 is 4.74 Å². The average Bonchev–Trinajstić information content (AvgIpc) is 2.63. The molecule has 1 aromatic rings. The number of benzene rings is 1. The molecular formula is C13H14N2O4. The van der Waals surface area contributed by atoms with E-state index in [4.69, 9.17) is 0 Å². The molecule has 0 saturated carbocycles. The summed E-state index contributed by atoms with van der Waals surface area (Å²) in [5.74, 6) is -1.02. The molecule has 1 saturated heterocycles. The lowest BCUT2D eigenvalue weighted by Crippen LogP contribution is -2.37. The average molecular weight is 262 g/mol. The van der Waals surface area contributed by atoms with E-state index in [1.54, 1.807) is 31.2 Å². The number of hydrogen-bond acceptors (Lipinski definition) is 4. The van der Waals surface area contributed by atoms with Crippen molar-refractivity contribution in [3.8, 4) is 0 Å². The molecule has 1 unspecified atom stereocenters. The topological polar surface area (TPSA) is 66.9 Å². The minimum Gasteiger partial charge on any atom is -0.468 e. The number of urea groups is 1. The molecule has 0 bridgehead atoms. The molecule has 6 nitrogen and oxygen atoms in total. The van der Waals surface area contributed by atoms with E-state index < -0.39 is 23.9 Å². The van der Waals surface area contributed by atoms with Gasteiger partial charge in [-0.25, -0.2) is 4.79 Å². The summed E-state index contributed by atoms with van der Waals surface area (Å²) in [7, 11) is 1.21. The Morgan fingerprint density at radius 2 is 1.89 bits per heavy atom. The van der Waals surface area contributed by atoms with Crippen LogP contribution in [-0.4, -0.2) is 42.5 Å². The van der Waals surface area contributed by atoms with Crippen molar-refractivity contribution in [2.45, 2.75) is 13.0 Å². The van der Waals surface area contributed by atoms with Gasteiger partial charge in [-0.3, -0.25) is 19.4 Å². The summed E-state index contributed by atoms with van der Waals surface area (Å²) in [4.78, 5) is 37.7. The molecule has 1 heterocycles. The quantitative estimate of drug-likeness (QED) is 0.602. The number of nitrogens with zero attached hydrogens (tertiary/aromatic N) is 2. The van der Waals surface area contributed by atoms with Gasteiger partial charge in [-0.05, 0) is 19.1 Å². The number of carbonyl (C=O) groups excluding carboxylic acids is 3. The Morgan fingerprint density at radius 1 is 1.26 bits per heavy atom. The summed E-state index contributed by atoms with van der Waals surface area (Å²) in [6, 6.07) is 7.73. The third-order valence-corrected chi connectivity index (χ3v) is 3.00. The molecule has 1 fully saturated rings. The van der Waals surface area contributed by atoms with Crippen LogP contribution in [0.5, 0.6) is 0 Å². The Bertz CT molecular complexity index is 515. The highest BCUT2D eigenvalue weighted by molar-refractivity contribution is 6.15. The first kappa shape index (κ1) is 13.1. The number of para-hydroxylation sites is 1. The third-order valence-electron chi connectivity index (χ3n) is 3.00. The zero-order valence-corrected chi connectivity index (χ0v) is 10.7. The van der Waals surface area contributed by atoms with E-state index in [-0.39, 0.29) is 6.54 Å². The molecule has 1 aromatic carbocycles. The van der Waals surface area contributed by atoms with Gasteiger partial charge in [0.05, 0.1) is 7.11 Å². The van der Waals surface area contributed by atoms with E-state index >= 15 is 0 Å². The van der Waals surface area contributed by atoms with Gasteiger partial charge in [-0.1, -0.05) is 18.2 Å². The number of anilines is 1. The zero-order chi connectivity index (χ0) is 14.0. The summed E-state index contributed by atoms with van der Waals surface area (Å²) in [6.45, 7) is 1.27. The number of rotatable bonds is 3. The third kappa shape index (κ3) is 2.29. The van der Waals surface area contributed by atoms with Crippen molar-refractivity contribution >= 4 is 23.6 Å². The summed E-state index contributed by atoms with van der Waals surface area (Å²) in [5.41, 5.74) is 0.626.